The minimum absolute atomic E-state index is 0.646. The number of rotatable bonds is 0. The summed E-state index contributed by atoms with van der Waals surface area (Å²) in [6.45, 7) is 6.10. The van der Waals surface area contributed by atoms with Gasteiger partial charge in [-0.2, -0.15) is 0 Å². The zero-order valence-corrected chi connectivity index (χ0v) is 9.83. The summed E-state index contributed by atoms with van der Waals surface area (Å²) in [4.78, 5) is 2.37. The van der Waals surface area contributed by atoms with Crippen LogP contribution in [0.4, 0.5) is 0 Å². The van der Waals surface area contributed by atoms with Crippen LogP contribution in [0, 0.1) is 5.92 Å². The number of likely N-dealkylation sites (N-methyl/N-ethyl adjacent to an activating group) is 1. The molecule has 2 aliphatic rings. The second-order valence-electron chi connectivity index (χ2n) is 4.63. The Kier molecular flexibility index (Phi) is 3.65. The van der Waals surface area contributed by atoms with Gasteiger partial charge in [-0.1, -0.05) is 6.08 Å². The number of allylic oxidation sites excluding steroid dienone is 1. The van der Waals surface area contributed by atoms with Gasteiger partial charge in [0.2, 0.25) is 0 Å². The Labute approximate surface area is 92.5 Å². The van der Waals surface area contributed by atoms with E-state index in [1.54, 1.807) is 0 Å². The van der Waals surface area contributed by atoms with E-state index in [2.05, 4.69) is 30.3 Å². The van der Waals surface area contributed by atoms with Gasteiger partial charge in [0.15, 0.2) is 0 Å². The van der Waals surface area contributed by atoms with E-state index in [-0.39, 0.29) is 0 Å². The highest BCUT2D eigenvalue weighted by atomic mass is 16.5. The zero-order valence-electron chi connectivity index (χ0n) is 9.83. The lowest BCUT2D eigenvalue weighted by molar-refractivity contribution is 0.103. The minimum atomic E-state index is 0.646. The molecule has 2 heterocycles. The summed E-state index contributed by atoms with van der Waals surface area (Å²) in [5, 5.41) is 3.66. The smallest absolute Gasteiger partial charge is 0.0526 e. The van der Waals surface area contributed by atoms with Crippen molar-refractivity contribution in [2.45, 2.75) is 25.8 Å². The van der Waals surface area contributed by atoms with E-state index in [0.29, 0.717) is 12.0 Å². The van der Waals surface area contributed by atoms with Gasteiger partial charge in [-0.15, -0.1) is 0 Å². The van der Waals surface area contributed by atoms with E-state index in [1.807, 2.05) is 0 Å². The first-order valence-electron chi connectivity index (χ1n) is 5.98. The Bertz CT molecular complexity index is 240. The molecule has 15 heavy (non-hydrogen) atoms. The standard InChI is InChI=1S/C12H22N2O/c1-3-11-7-13-12-5-4-6-15-9-10(12)8-14(11)2/h3,10,12-13H,4-9H2,1-2H3/b11-3-. The predicted octanol–water partition coefficient (Wildman–Crippen LogP) is 1.22. The number of hydrogen-bond donors (Lipinski definition) is 1. The summed E-state index contributed by atoms with van der Waals surface area (Å²) < 4.78 is 5.65. The topological polar surface area (TPSA) is 24.5 Å². The molecule has 0 bridgehead atoms. The number of nitrogens with zero attached hydrogens (tertiary/aromatic N) is 1. The van der Waals surface area contributed by atoms with Crippen molar-refractivity contribution in [2.75, 3.05) is 33.4 Å². The van der Waals surface area contributed by atoms with Crippen molar-refractivity contribution in [1.82, 2.24) is 10.2 Å². The normalized spacial score (nSPS) is 35.9. The van der Waals surface area contributed by atoms with E-state index in [4.69, 9.17) is 4.74 Å². The van der Waals surface area contributed by atoms with Crippen LogP contribution >= 0.6 is 0 Å². The molecular weight excluding hydrogens is 188 g/mol. The quantitative estimate of drug-likeness (QED) is 0.650. The van der Waals surface area contributed by atoms with Gasteiger partial charge in [0.1, 0.15) is 0 Å². The fraction of sp³-hybridized carbons (Fsp3) is 0.833. The molecule has 0 spiro atoms. The van der Waals surface area contributed by atoms with Gasteiger partial charge in [0.05, 0.1) is 6.61 Å². The summed E-state index contributed by atoms with van der Waals surface area (Å²) in [6, 6.07) is 0.646. The molecule has 0 aromatic carbocycles. The van der Waals surface area contributed by atoms with Crippen LogP contribution in [-0.4, -0.2) is 44.3 Å². The van der Waals surface area contributed by atoms with Crippen molar-refractivity contribution in [3.8, 4) is 0 Å². The van der Waals surface area contributed by atoms with Crippen molar-refractivity contribution < 1.29 is 4.74 Å². The van der Waals surface area contributed by atoms with Gasteiger partial charge in [0.25, 0.3) is 0 Å². The lowest BCUT2D eigenvalue weighted by atomic mass is 9.97. The van der Waals surface area contributed by atoms with Crippen LogP contribution in [0.3, 0.4) is 0 Å². The zero-order chi connectivity index (χ0) is 10.7. The van der Waals surface area contributed by atoms with Crippen molar-refractivity contribution in [1.29, 1.82) is 0 Å². The summed E-state index contributed by atoms with van der Waals surface area (Å²) >= 11 is 0. The SMILES string of the molecule is C/C=C1/CNC2CCCOCC2CN1C. The molecule has 2 rings (SSSR count). The largest absolute Gasteiger partial charge is 0.381 e. The van der Waals surface area contributed by atoms with Gasteiger partial charge in [-0.25, -0.2) is 0 Å². The van der Waals surface area contributed by atoms with Gasteiger partial charge >= 0.3 is 0 Å². The molecule has 3 nitrogen and oxygen atoms in total. The van der Waals surface area contributed by atoms with E-state index in [0.717, 1.165) is 26.3 Å². The molecule has 1 N–H and O–H groups in total. The molecule has 3 heteroatoms. The van der Waals surface area contributed by atoms with E-state index >= 15 is 0 Å². The number of fused-ring (bicyclic) bond motifs is 1. The Morgan fingerprint density at radius 2 is 2.40 bits per heavy atom. The van der Waals surface area contributed by atoms with Crippen molar-refractivity contribution in [3.63, 3.8) is 0 Å². The summed E-state index contributed by atoms with van der Waals surface area (Å²) in [7, 11) is 2.18. The summed E-state index contributed by atoms with van der Waals surface area (Å²) in [5.41, 5.74) is 1.41. The number of hydrogen-bond acceptors (Lipinski definition) is 3. The third-order valence-electron chi connectivity index (χ3n) is 3.58. The van der Waals surface area contributed by atoms with Crippen molar-refractivity contribution >= 4 is 0 Å². The van der Waals surface area contributed by atoms with Gasteiger partial charge in [-0.05, 0) is 19.8 Å². The molecule has 0 amide bonds. The van der Waals surface area contributed by atoms with Gasteiger partial charge in [0, 0.05) is 44.4 Å². The summed E-state index contributed by atoms with van der Waals surface area (Å²) in [6.07, 6.45) is 4.66. The van der Waals surface area contributed by atoms with Crippen LogP contribution in [0.5, 0.6) is 0 Å². The Morgan fingerprint density at radius 3 is 3.20 bits per heavy atom. The molecule has 0 aromatic rings. The molecule has 2 atom stereocenters. The van der Waals surface area contributed by atoms with Crippen LogP contribution in [-0.2, 0) is 4.74 Å². The average Bonchev–Trinajstić information content (AvgIpc) is 2.51. The molecule has 0 saturated carbocycles. The molecule has 86 valence electrons. The van der Waals surface area contributed by atoms with Crippen LogP contribution < -0.4 is 5.32 Å². The third kappa shape index (κ3) is 2.52. The predicted molar refractivity (Wildman–Crippen MR) is 61.7 cm³/mol. The lowest BCUT2D eigenvalue weighted by Crippen LogP contribution is -2.37. The number of ether oxygens (including phenoxy) is 1. The molecule has 0 aliphatic carbocycles. The van der Waals surface area contributed by atoms with E-state index in [9.17, 15) is 0 Å². The average molecular weight is 210 g/mol. The maximum atomic E-state index is 5.65. The van der Waals surface area contributed by atoms with Gasteiger partial charge < -0.3 is 15.0 Å². The van der Waals surface area contributed by atoms with Gasteiger partial charge in [-0.3, -0.25) is 0 Å². The second-order valence-corrected chi connectivity index (χ2v) is 4.63. The first kappa shape index (κ1) is 11.0. The molecule has 2 aliphatic heterocycles. The van der Waals surface area contributed by atoms with Crippen LogP contribution in [0.1, 0.15) is 19.8 Å². The third-order valence-corrected chi connectivity index (χ3v) is 3.58. The Morgan fingerprint density at radius 1 is 1.53 bits per heavy atom. The lowest BCUT2D eigenvalue weighted by Gasteiger charge is -2.25. The van der Waals surface area contributed by atoms with Crippen molar-refractivity contribution in [2.24, 2.45) is 5.92 Å². The number of nitrogens with one attached hydrogen (secondary N) is 1. The molecule has 0 radical (unpaired) electrons. The van der Waals surface area contributed by atoms with Crippen LogP contribution in [0.2, 0.25) is 0 Å². The first-order chi connectivity index (χ1) is 7.31. The highest BCUT2D eigenvalue weighted by Gasteiger charge is 2.28. The summed E-state index contributed by atoms with van der Waals surface area (Å²) in [5.74, 6) is 0.648. The highest BCUT2D eigenvalue weighted by molar-refractivity contribution is 5.05. The van der Waals surface area contributed by atoms with E-state index < -0.39 is 0 Å². The molecule has 2 unspecified atom stereocenters. The van der Waals surface area contributed by atoms with Crippen LogP contribution in [0.15, 0.2) is 11.8 Å². The Balaban J connectivity index is 2.06. The van der Waals surface area contributed by atoms with Crippen molar-refractivity contribution in [3.05, 3.63) is 11.8 Å². The maximum Gasteiger partial charge on any atom is 0.0526 e. The first-order valence-corrected chi connectivity index (χ1v) is 5.98. The molecule has 0 aromatic heterocycles. The molecule has 2 saturated heterocycles. The maximum absolute atomic E-state index is 5.65. The Hall–Kier alpha value is -0.540. The van der Waals surface area contributed by atoms with Crippen LogP contribution in [0.25, 0.3) is 0 Å². The fourth-order valence-corrected chi connectivity index (χ4v) is 2.60. The molecule has 2 fully saturated rings. The monoisotopic (exact) mass is 210 g/mol. The molecular formula is C12H22N2O. The minimum Gasteiger partial charge on any atom is -0.381 e. The van der Waals surface area contributed by atoms with E-state index in [1.165, 1.54) is 18.5 Å². The second kappa shape index (κ2) is 4.99. The highest BCUT2D eigenvalue weighted by Crippen LogP contribution is 2.20. The fourth-order valence-electron chi connectivity index (χ4n) is 2.60.